The number of anilines is 1. The van der Waals surface area contributed by atoms with Crippen LogP contribution in [0.4, 0.5) is 5.82 Å². The van der Waals surface area contributed by atoms with Gasteiger partial charge in [0.25, 0.3) is 5.56 Å². The molecule has 25 heavy (non-hydrogen) atoms. The Morgan fingerprint density at radius 2 is 1.60 bits per heavy atom. The Morgan fingerprint density at radius 3 is 2.08 bits per heavy atom. The number of pyridine rings is 1. The van der Waals surface area contributed by atoms with Gasteiger partial charge in [-0.1, -0.05) is 0 Å². The smallest absolute Gasteiger partial charge is 0.342 e. The van der Waals surface area contributed by atoms with E-state index >= 15 is 0 Å². The molecule has 0 unspecified atom stereocenters. The van der Waals surface area contributed by atoms with E-state index in [2.05, 4.69) is 0 Å². The molecular weight excluding hydrogens is 336 g/mol. The predicted molar refractivity (Wildman–Crippen MR) is 84.3 cm³/mol. The molecule has 2 rings (SSSR count). The van der Waals surface area contributed by atoms with Crippen LogP contribution in [-0.2, 0) is 0 Å². The molecule has 2 aromatic rings. The van der Waals surface area contributed by atoms with Crippen LogP contribution in [0.15, 0.2) is 23.0 Å². The maximum Gasteiger partial charge on any atom is 0.342 e. The number of carboxylic acids is 3. The van der Waals surface area contributed by atoms with Gasteiger partial charge in [-0.2, -0.15) is 0 Å². The first-order valence-electron chi connectivity index (χ1n) is 6.62. The van der Waals surface area contributed by atoms with E-state index in [0.717, 1.165) is 12.1 Å². The summed E-state index contributed by atoms with van der Waals surface area (Å²) in [6.45, 7) is 0. The SMILES string of the molecule is COc1cc(C(=O)O)cc(-c2c(C(=O)O)c(N)[nH]c(=O)c2C(=O)O)c1. The second-order valence-electron chi connectivity index (χ2n) is 4.86. The molecule has 1 aromatic heterocycles. The van der Waals surface area contributed by atoms with E-state index in [0.29, 0.717) is 0 Å². The van der Waals surface area contributed by atoms with Crippen LogP contribution in [0, 0.1) is 0 Å². The topological polar surface area (TPSA) is 180 Å². The number of nitrogens with two attached hydrogens (primary N) is 1. The summed E-state index contributed by atoms with van der Waals surface area (Å²) >= 11 is 0. The van der Waals surface area contributed by atoms with Crippen LogP contribution in [0.25, 0.3) is 11.1 Å². The maximum atomic E-state index is 12.0. The monoisotopic (exact) mass is 348 g/mol. The average molecular weight is 348 g/mol. The van der Waals surface area contributed by atoms with Crippen LogP contribution in [0.5, 0.6) is 5.75 Å². The maximum absolute atomic E-state index is 12.0. The van der Waals surface area contributed by atoms with Crippen molar-refractivity contribution < 1.29 is 34.4 Å². The summed E-state index contributed by atoms with van der Waals surface area (Å²) < 4.78 is 4.95. The number of rotatable bonds is 5. The summed E-state index contributed by atoms with van der Waals surface area (Å²) in [6.07, 6.45) is 0. The lowest BCUT2D eigenvalue weighted by atomic mass is 9.94. The van der Waals surface area contributed by atoms with Crippen molar-refractivity contribution in [3.05, 3.63) is 45.2 Å². The van der Waals surface area contributed by atoms with Gasteiger partial charge in [-0.05, 0) is 23.8 Å². The van der Waals surface area contributed by atoms with Crippen molar-refractivity contribution in [2.24, 2.45) is 0 Å². The molecule has 0 radical (unpaired) electrons. The quantitative estimate of drug-likeness (QED) is 0.520. The zero-order valence-electron chi connectivity index (χ0n) is 12.7. The number of nitrogen functional groups attached to an aromatic ring is 1. The molecule has 0 saturated carbocycles. The molecular formula is C15H12N2O8. The molecule has 0 aliphatic heterocycles. The highest BCUT2D eigenvalue weighted by Crippen LogP contribution is 2.32. The highest BCUT2D eigenvalue weighted by molar-refractivity contribution is 6.07. The van der Waals surface area contributed by atoms with Crippen molar-refractivity contribution in [1.82, 2.24) is 4.98 Å². The van der Waals surface area contributed by atoms with Crippen molar-refractivity contribution in [1.29, 1.82) is 0 Å². The van der Waals surface area contributed by atoms with E-state index in [1.54, 1.807) is 0 Å². The molecule has 1 aromatic carbocycles. The summed E-state index contributed by atoms with van der Waals surface area (Å²) in [4.78, 5) is 48.2. The third-order valence-corrected chi connectivity index (χ3v) is 3.35. The highest BCUT2D eigenvalue weighted by atomic mass is 16.5. The van der Waals surface area contributed by atoms with Crippen molar-refractivity contribution >= 4 is 23.7 Å². The molecule has 1 heterocycles. The first-order chi connectivity index (χ1) is 11.7. The lowest BCUT2D eigenvalue weighted by Crippen LogP contribution is -2.24. The molecule has 0 bridgehead atoms. The fourth-order valence-electron chi connectivity index (χ4n) is 2.32. The van der Waals surface area contributed by atoms with Crippen molar-refractivity contribution in [3.8, 4) is 16.9 Å². The number of carbonyl (C=O) groups is 3. The summed E-state index contributed by atoms with van der Waals surface area (Å²) in [5.41, 5.74) is 1.91. The van der Waals surface area contributed by atoms with Crippen LogP contribution < -0.4 is 16.0 Å². The predicted octanol–water partition coefficient (Wildman–Crippen LogP) is 0.727. The second-order valence-corrected chi connectivity index (χ2v) is 4.86. The molecule has 0 atom stereocenters. The van der Waals surface area contributed by atoms with Gasteiger partial charge in [-0.3, -0.25) is 4.79 Å². The summed E-state index contributed by atoms with van der Waals surface area (Å²) in [6, 6.07) is 3.39. The van der Waals surface area contributed by atoms with Gasteiger partial charge in [-0.25, -0.2) is 14.4 Å². The van der Waals surface area contributed by atoms with Crippen molar-refractivity contribution in [2.75, 3.05) is 12.8 Å². The zero-order chi connectivity index (χ0) is 18.9. The number of nitrogens with one attached hydrogen (secondary N) is 1. The zero-order valence-corrected chi connectivity index (χ0v) is 12.7. The number of hydrogen-bond donors (Lipinski definition) is 5. The fraction of sp³-hybridized carbons (Fsp3) is 0.0667. The third kappa shape index (κ3) is 3.13. The first-order valence-corrected chi connectivity index (χ1v) is 6.62. The minimum Gasteiger partial charge on any atom is -0.497 e. The van der Waals surface area contributed by atoms with Gasteiger partial charge in [0, 0.05) is 5.56 Å². The normalized spacial score (nSPS) is 10.3. The van der Waals surface area contributed by atoms with E-state index < -0.39 is 46.0 Å². The fourth-order valence-corrected chi connectivity index (χ4v) is 2.32. The molecule has 10 nitrogen and oxygen atoms in total. The Labute approximate surface area is 139 Å². The van der Waals surface area contributed by atoms with E-state index in [4.69, 9.17) is 15.6 Å². The summed E-state index contributed by atoms with van der Waals surface area (Å²) in [5.74, 6) is -5.17. The number of aromatic amines is 1. The summed E-state index contributed by atoms with van der Waals surface area (Å²) in [5, 5.41) is 27.8. The lowest BCUT2D eigenvalue weighted by Gasteiger charge is -2.13. The number of hydrogen-bond acceptors (Lipinski definition) is 6. The first kappa shape index (κ1) is 17.5. The highest BCUT2D eigenvalue weighted by Gasteiger charge is 2.27. The van der Waals surface area contributed by atoms with E-state index in [1.807, 2.05) is 4.98 Å². The van der Waals surface area contributed by atoms with Crippen LogP contribution in [0.2, 0.25) is 0 Å². The Bertz CT molecular complexity index is 961. The molecule has 0 saturated heterocycles. The van der Waals surface area contributed by atoms with E-state index in [9.17, 15) is 29.4 Å². The van der Waals surface area contributed by atoms with Gasteiger partial charge in [0.1, 0.15) is 22.7 Å². The minimum absolute atomic E-state index is 0.0291. The standard InChI is InChI=1S/C15H12N2O8/c1-25-7-3-5(2-6(4-7)13(19)20)8-9(14(21)22)11(16)17-12(18)10(8)15(23)24/h2-4H,1H3,(H,19,20)(H,21,22)(H,23,24)(H3,16,17,18). The molecule has 0 amide bonds. The van der Waals surface area contributed by atoms with Gasteiger partial charge in [0.05, 0.1) is 12.7 Å². The van der Waals surface area contributed by atoms with E-state index in [-0.39, 0.29) is 16.9 Å². The second kappa shape index (κ2) is 6.35. The molecule has 0 spiro atoms. The molecule has 0 aliphatic carbocycles. The number of methoxy groups -OCH3 is 1. The average Bonchev–Trinajstić information content (AvgIpc) is 2.52. The van der Waals surface area contributed by atoms with Gasteiger partial charge in [0.2, 0.25) is 0 Å². The van der Waals surface area contributed by atoms with Crippen LogP contribution in [0.3, 0.4) is 0 Å². The largest absolute Gasteiger partial charge is 0.497 e. The van der Waals surface area contributed by atoms with Crippen molar-refractivity contribution in [3.63, 3.8) is 0 Å². The molecule has 0 fully saturated rings. The van der Waals surface area contributed by atoms with Crippen LogP contribution >= 0.6 is 0 Å². The van der Waals surface area contributed by atoms with E-state index in [1.165, 1.54) is 13.2 Å². The van der Waals surface area contributed by atoms with Crippen LogP contribution in [0.1, 0.15) is 31.1 Å². The third-order valence-electron chi connectivity index (χ3n) is 3.35. The molecule has 10 heteroatoms. The number of ether oxygens (including phenoxy) is 1. The summed E-state index contributed by atoms with van der Waals surface area (Å²) in [7, 11) is 1.24. The molecule has 6 N–H and O–H groups in total. The molecule has 0 aliphatic rings. The van der Waals surface area contributed by atoms with Crippen LogP contribution in [-0.4, -0.2) is 45.3 Å². The Kier molecular flexibility index (Phi) is 4.46. The number of aromatic nitrogens is 1. The number of carboxylic acid groups (broad SMARTS) is 3. The number of aromatic carboxylic acids is 3. The minimum atomic E-state index is -1.70. The number of H-pyrrole nitrogens is 1. The Hall–Kier alpha value is -3.82. The van der Waals surface area contributed by atoms with Gasteiger partial charge >= 0.3 is 17.9 Å². The molecule has 130 valence electrons. The Balaban J connectivity index is 3.02. The van der Waals surface area contributed by atoms with Gasteiger partial charge in [-0.15, -0.1) is 0 Å². The van der Waals surface area contributed by atoms with Crippen molar-refractivity contribution in [2.45, 2.75) is 0 Å². The van der Waals surface area contributed by atoms with Gasteiger partial charge < -0.3 is 30.8 Å². The Morgan fingerprint density at radius 1 is 1.00 bits per heavy atom. The number of benzene rings is 1. The lowest BCUT2D eigenvalue weighted by molar-refractivity contribution is 0.0683. The van der Waals surface area contributed by atoms with Gasteiger partial charge in [0.15, 0.2) is 0 Å².